The van der Waals surface area contributed by atoms with Gasteiger partial charge in [-0.25, -0.2) is 0 Å². The fourth-order valence-electron chi connectivity index (χ4n) is 9.12. The fourth-order valence-corrected chi connectivity index (χ4v) is 9.12. The minimum Gasteiger partial charge on any atom is -0.455 e. The van der Waals surface area contributed by atoms with Crippen LogP contribution >= 0.6 is 0 Å². The highest BCUT2D eigenvalue weighted by Gasteiger charge is 2.38. The SMILES string of the molecule is CC1(C)c2ccccc2-c2c(N(c3ccc4c5ccccc5n(-c5ccccc5)c4c3)c3ccc(-c4ccccc4)c4oc5ccccc5c34)cccc21. The lowest BCUT2D eigenvalue weighted by molar-refractivity contribution is 0.660. The number of aromatic nitrogens is 1. The number of benzene rings is 8. The number of hydrogen-bond acceptors (Lipinski definition) is 2. The predicted molar refractivity (Wildman–Crippen MR) is 226 cm³/mol. The molecule has 3 nitrogen and oxygen atoms in total. The maximum atomic E-state index is 6.84. The van der Waals surface area contributed by atoms with Crippen LogP contribution in [0.4, 0.5) is 17.1 Å². The molecule has 256 valence electrons. The summed E-state index contributed by atoms with van der Waals surface area (Å²) in [5.74, 6) is 0. The summed E-state index contributed by atoms with van der Waals surface area (Å²) < 4.78 is 9.24. The Labute approximate surface area is 314 Å². The van der Waals surface area contributed by atoms with Gasteiger partial charge in [0, 0.05) is 44.1 Å². The summed E-state index contributed by atoms with van der Waals surface area (Å²) in [5.41, 5.74) is 15.9. The van der Waals surface area contributed by atoms with E-state index in [4.69, 9.17) is 4.42 Å². The highest BCUT2D eigenvalue weighted by atomic mass is 16.3. The highest BCUT2D eigenvalue weighted by molar-refractivity contribution is 6.18. The average molecular weight is 693 g/mol. The molecule has 11 rings (SSSR count). The van der Waals surface area contributed by atoms with Crippen molar-refractivity contribution in [2.24, 2.45) is 0 Å². The molecule has 0 radical (unpaired) electrons. The monoisotopic (exact) mass is 692 g/mol. The summed E-state index contributed by atoms with van der Waals surface area (Å²) >= 11 is 0. The zero-order valence-corrected chi connectivity index (χ0v) is 30.1. The highest BCUT2D eigenvalue weighted by Crippen LogP contribution is 2.55. The number of nitrogens with zero attached hydrogens (tertiary/aromatic N) is 2. The van der Waals surface area contributed by atoms with Gasteiger partial charge in [0.25, 0.3) is 0 Å². The Bertz CT molecular complexity index is 3080. The van der Waals surface area contributed by atoms with Crippen LogP contribution in [0.1, 0.15) is 25.0 Å². The molecule has 1 aliphatic carbocycles. The van der Waals surface area contributed by atoms with Gasteiger partial charge in [-0.15, -0.1) is 0 Å². The van der Waals surface area contributed by atoms with Crippen LogP contribution in [0.15, 0.2) is 186 Å². The minimum atomic E-state index is -0.147. The predicted octanol–water partition coefficient (Wildman–Crippen LogP) is 14.1. The second-order valence-corrected chi connectivity index (χ2v) is 14.9. The first kappa shape index (κ1) is 30.8. The van der Waals surface area contributed by atoms with Gasteiger partial charge >= 0.3 is 0 Å². The van der Waals surface area contributed by atoms with Crippen molar-refractivity contribution in [2.45, 2.75) is 19.3 Å². The lowest BCUT2D eigenvalue weighted by Gasteiger charge is -2.30. The van der Waals surface area contributed by atoms with Crippen LogP contribution in [0.2, 0.25) is 0 Å². The molecule has 0 fully saturated rings. The third kappa shape index (κ3) is 4.36. The molecule has 3 heteroatoms. The average Bonchev–Trinajstić information content (AvgIpc) is 3.85. The summed E-state index contributed by atoms with van der Waals surface area (Å²) in [6.45, 7) is 4.71. The quantitative estimate of drug-likeness (QED) is 0.179. The van der Waals surface area contributed by atoms with Crippen LogP contribution < -0.4 is 4.90 Å². The first-order chi connectivity index (χ1) is 26.6. The summed E-state index contributed by atoms with van der Waals surface area (Å²) in [5, 5.41) is 4.65. The molecule has 0 spiro atoms. The third-order valence-electron chi connectivity index (χ3n) is 11.6. The molecular formula is C51H36N2O. The molecule has 0 saturated carbocycles. The Kier molecular flexibility index (Phi) is 6.60. The molecule has 0 bridgehead atoms. The molecule has 8 aromatic carbocycles. The number of para-hydroxylation sites is 3. The van der Waals surface area contributed by atoms with Gasteiger partial charge in [0.15, 0.2) is 0 Å². The van der Waals surface area contributed by atoms with Gasteiger partial charge in [0.05, 0.1) is 27.8 Å². The van der Waals surface area contributed by atoms with Gasteiger partial charge in [-0.1, -0.05) is 141 Å². The molecule has 0 N–H and O–H groups in total. The normalized spacial score (nSPS) is 13.1. The Morgan fingerprint density at radius 3 is 2.04 bits per heavy atom. The van der Waals surface area contributed by atoms with E-state index >= 15 is 0 Å². The first-order valence-electron chi connectivity index (χ1n) is 18.7. The topological polar surface area (TPSA) is 21.3 Å². The van der Waals surface area contributed by atoms with Crippen molar-refractivity contribution in [2.75, 3.05) is 4.90 Å². The van der Waals surface area contributed by atoms with Crippen LogP contribution in [0.5, 0.6) is 0 Å². The lowest BCUT2D eigenvalue weighted by Crippen LogP contribution is -2.16. The lowest BCUT2D eigenvalue weighted by atomic mass is 9.82. The van der Waals surface area contributed by atoms with Crippen molar-refractivity contribution in [1.29, 1.82) is 0 Å². The molecule has 0 amide bonds. The molecular weight excluding hydrogens is 657 g/mol. The van der Waals surface area contributed by atoms with Crippen molar-refractivity contribution in [1.82, 2.24) is 4.57 Å². The van der Waals surface area contributed by atoms with E-state index in [1.165, 1.54) is 38.5 Å². The van der Waals surface area contributed by atoms with E-state index in [1.54, 1.807) is 0 Å². The number of furan rings is 1. The van der Waals surface area contributed by atoms with Gasteiger partial charge < -0.3 is 13.9 Å². The van der Waals surface area contributed by atoms with Crippen LogP contribution in [0, 0.1) is 0 Å². The van der Waals surface area contributed by atoms with Gasteiger partial charge in [0.1, 0.15) is 11.2 Å². The molecule has 0 unspecified atom stereocenters. The fraction of sp³-hybridized carbons (Fsp3) is 0.0588. The maximum absolute atomic E-state index is 6.84. The van der Waals surface area contributed by atoms with Gasteiger partial charge in [0.2, 0.25) is 0 Å². The largest absolute Gasteiger partial charge is 0.455 e. The van der Waals surface area contributed by atoms with Gasteiger partial charge in [-0.3, -0.25) is 0 Å². The maximum Gasteiger partial charge on any atom is 0.145 e. The molecule has 0 saturated heterocycles. The number of anilines is 3. The zero-order chi connectivity index (χ0) is 36.0. The van der Waals surface area contributed by atoms with E-state index in [2.05, 4.69) is 205 Å². The van der Waals surface area contributed by atoms with Crippen LogP contribution in [-0.4, -0.2) is 4.57 Å². The van der Waals surface area contributed by atoms with E-state index < -0.39 is 0 Å². The van der Waals surface area contributed by atoms with Crippen LogP contribution in [-0.2, 0) is 5.41 Å². The molecule has 54 heavy (non-hydrogen) atoms. The smallest absolute Gasteiger partial charge is 0.145 e. The van der Waals surface area contributed by atoms with Crippen molar-refractivity contribution < 1.29 is 4.42 Å². The molecule has 2 aromatic heterocycles. The van der Waals surface area contributed by atoms with Crippen molar-refractivity contribution in [3.05, 3.63) is 193 Å². The molecule has 0 aliphatic heterocycles. The Hall–Kier alpha value is -6.84. The standard InChI is InChI=1S/C51H36N2O/c1-51(2)41-23-12-9-21-39(41)48-42(51)24-15-26-44(48)53(35-28-29-38-37-20-10-13-25-43(37)52(46(38)32-35)34-18-7-4-8-19-34)45-31-30-36(33-16-5-3-6-17-33)50-49(45)40-22-11-14-27-47(40)54-50/h3-32H,1-2H3. The van der Waals surface area contributed by atoms with E-state index in [1.807, 2.05) is 0 Å². The molecule has 10 aromatic rings. The molecule has 1 aliphatic rings. The van der Waals surface area contributed by atoms with E-state index in [9.17, 15) is 0 Å². The van der Waals surface area contributed by atoms with Crippen LogP contribution in [0.3, 0.4) is 0 Å². The molecule has 0 atom stereocenters. The van der Waals surface area contributed by atoms with Crippen LogP contribution in [0.25, 0.3) is 71.7 Å². The van der Waals surface area contributed by atoms with Gasteiger partial charge in [-0.05, 0) is 76.9 Å². The van der Waals surface area contributed by atoms with Crippen molar-refractivity contribution >= 4 is 60.8 Å². The van der Waals surface area contributed by atoms with E-state index in [0.29, 0.717) is 0 Å². The number of rotatable bonds is 5. The second kappa shape index (κ2) is 11.6. The summed E-state index contributed by atoms with van der Waals surface area (Å²) in [6, 6.07) is 65.8. The summed E-state index contributed by atoms with van der Waals surface area (Å²) in [4.78, 5) is 2.49. The van der Waals surface area contributed by atoms with Gasteiger partial charge in [-0.2, -0.15) is 0 Å². The van der Waals surface area contributed by atoms with E-state index in [-0.39, 0.29) is 5.41 Å². The zero-order valence-electron chi connectivity index (χ0n) is 30.1. The number of fused-ring (bicyclic) bond motifs is 9. The third-order valence-corrected chi connectivity index (χ3v) is 11.6. The Balaban J connectivity index is 1.27. The van der Waals surface area contributed by atoms with E-state index in [0.717, 1.165) is 61.3 Å². The first-order valence-corrected chi connectivity index (χ1v) is 18.7. The minimum absolute atomic E-state index is 0.147. The Morgan fingerprint density at radius 1 is 0.500 bits per heavy atom. The summed E-state index contributed by atoms with van der Waals surface area (Å²) in [7, 11) is 0. The molecule has 2 heterocycles. The number of hydrogen-bond donors (Lipinski definition) is 0. The van der Waals surface area contributed by atoms with Crippen molar-refractivity contribution in [3.8, 4) is 27.9 Å². The Morgan fingerprint density at radius 2 is 1.19 bits per heavy atom. The second-order valence-electron chi connectivity index (χ2n) is 14.9. The van der Waals surface area contributed by atoms with Crippen molar-refractivity contribution in [3.63, 3.8) is 0 Å². The summed E-state index contributed by atoms with van der Waals surface area (Å²) in [6.07, 6.45) is 0.